The van der Waals surface area contributed by atoms with Crippen LogP contribution in [0.2, 0.25) is 0 Å². The number of carbonyl (C=O) groups is 1. The lowest BCUT2D eigenvalue weighted by molar-refractivity contribution is 0.0843. The summed E-state index contributed by atoms with van der Waals surface area (Å²) in [4.78, 5) is 26.3. The molecule has 5 nitrogen and oxygen atoms in total. The van der Waals surface area contributed by atoms with Gasteiger partial charge in [0.1, 0.15) is 5.56 Å². The van der Waals surface area contributed by atoms with Crippen LogP contribution < -0.4 is 10.9 Å². The molecule has 0 radical (unpaired) electrons. The summed E-state index contributed by atoms with van der Waals surface area (Å²) in [7, 11) is 0. The van der Waals surface area contributed by atoms with Gasteiger partial charge in [0.05, 0.1) is 13.2 Å². The largest absolute Gasteiger partial charge is 0.376 e. The fourth-order valence-corrected chi connectivity index (χ4v) is 2.12. The Morgan fingerprint density at radius 3 is 2.65 bits per heavy atom. The van der Waals surface area contributed by atoms with Crippen LogP contribution in [0.3, 0.4) is 0 Å². The summed E-state index contributed by atoms with van der Waals surface area (Å²) in [5.74, 6) is -0.201. The van der Waals surface area contributed by atoms with E-state index in [2.05, 4.69) is 10.3 Å². The molecule has 1 amide bonds. The molecule has 2 aromatic rings. The van der Waals surface area contributed by atoms with Gasteiger partial charge < -0.3 is 15.0 Å². The third-order valence-electron chi connectivity index (χ3n) is 3.42. The minimum absolute atomic E-state index is 0.132. The van der Waals surface area contributed by atoms with Crippen molar-refractivity contribution in [2.45, 2.75) is 20.5 Å². The number of rotatable bonds is 7. The average molecular weight is 314 g/mol. The standard InChI is InChI=1S/C18H22N2O3/c1-13(11-23-12-15-6-4-3-5-7-15)10-19-17(21)16-9-8-14(2)20-18(16)22/h3-9,13H,10-12H2,1-2H3,(H,19,21)(H,20,22)/t13-/m1/s1. The van der Waals surface area contributed by atoms with E-state index in [-0.39, 0.29) is 22.9 Å². The molecular formula is C18H22N2O3. The highest BCUT2D eigenvalue weighted by atomic mass is 16.5. The second kappa shape index (κ2) is 8.29. The Morgan fingerprint density at radius 1 is 1.22 bits per heavy atom. The van der Waals surface area contributed by atoms with E-state index in [0.29, 0.717) is 19.8 Å². The number of ether oxygens (including phenoxy) is 1. The molecule has 2 N–H and O–H groups in total. The van der Waals surface area contributed by atoms with Gasteiger partial charge in [-0.25, -0.2) is 0 Å². The molecule has 5 heteroatoms. The maximum atomic E-state index is 12.0. The van der Waals surface area contributed by atoms with Crippen LogP contribution in [0.4, 0.5) is 0 Å². The number of carbonyl (C=O) groups excluding carboxylic acids is 1. The molecule has 0 bridgehead atoms. The van der Waals surface area contributed by atoms with Gasteiger partial charge in [-0.05, 0) is 30.5 Å². The highest BCUT2D eigenvalue weighted by Gasteiger charge is 2.11. The van der Waals surface area contributed by atoms with Gasteiger partial charge >= 0.3 is 0 Å². The highest BCUT2D eigenvalue weighted by Crippen LogP contribution is 2.03. The van der Waals surface area contributed by atoms with Gasteiger partial charge in [-0.1, -0.05) is 37.3 Å². The molecule has 2 rings (SSSR count). The monoisotopic (exact) mass is 314 g/mol. The van der Waals surface area contributed by atoms with E-state index in [1.807, 2.05) is 37.3 Å². The van der Waals surface area contributed by atoms with Gasteiger partial charge in [0, 0.05) is 12.2 Å². The lowest BCUT2D eigenvalue weighted by Crippen LogP contribution is -2.33. The van der Waals surface area contributed by atoms with Crippen molar-refractivity contribution in [1.29, 1.82) is 0 Å². The van der Waals surface area contributed by atoms with Gasteiger partial charge in [0.15, 0.2) is 0 Å². The number of aromatic nitrogens is 1. The van der Waals surface area contributed by atoms with Crippen LogP contribution in [0, 0.1) is 12.8 Å². The third-order valence-corrected chi connectivity index (χ3v) is 3.42. The zero-order chi connectivity index (χ0) is 16.7. The van der Waals surface area contributed by atoms with E-state index in [1.165, 1.54) is 0 Å². The van der Waals surface area contributed by atoms with Crippen molar-refractivity contribution in [3.8, 4) is 0 Å². The van der Waals surface area contributed by atoms with Crippen molar-refractivity contribution in [3.05, 3.63) is 69.6 Å². The summed E-state index contributed by atoms with van der Waals surface area (Å²) in [6.07, 6.45) is 0. The summed E-state index contributed by atoms with van der Waals surface area (Å²) in [6, 6.07) is 13.2. The van der Waals surface area contributed by atoms with Gasteiger partial charge in [-0.15, -0.1) is 0 Å². The van der Waals surface area contributed by atoms with Crippen molar-refractivity contribution in [2.75, 3.05) is 13.2 Å². The van der Waals surface area contributed by atoms with E-state index in [1.54, 1.807) is 19.1 Å². The first-order valence-corrected chi connectivity index (χ1v) is 7.66. The van der Waals surface area contributed by atoms with E-state index >= 15 is 0 Å². The molecule has 0 saturated carbocycles. The van der Waals surface area contributed by atoms with Crippen LogP contribution in [0.15, 0.2) is 47.3 Å². The minimum Gasteiger partial charge on any atom is -0.376 e. The van der Waals surface area contributed by atoms with Gasteiger partial charge in [-0.3, -0.25) is 9.59 Å². The number of hydrogen-bond acceptors (Lipinski definition) is 3. The molecule has 0 fully saturated rings. The van der Waals surface area contributed by atoms with Crippen molar-refractivity contribution in [2.24, 2.45) is 5.92 Å². The number of aryl methyl sites for hydroxylation is 1. The molecule has 0 spiro atoms. The fraction of sp³-hybridized carbons (Fsp3) is 0.333. The Balaban J connectivity index is 1.74. The van der Waals surface area contributed by atoms with Crippen LogP contribution in [-0.4, -0.2) is 24.0 Å². The predicted molar refractivity (Wildman–Crippen MR) is 89.4 cm³/mol. The van der Waals surface area contributed by atoms with Crippen molar-refractivity contribution in [1.82, 2.24) is 10.3 Å². The molecule has 1 aromatic heterocycles. The SMILES string of the molecule is Cc1ccc(C(=O)NC[C@@H](C)COCc2ccccc2)c(=O)[nH]1. The predicted octanol–water partition coefficient (Wildman–Crippen LogP) is 2.27. The van der Waals surface area contributed by atoms with Crippen LogP contribution in [0.25, 0.3) is 0 Å². The molecule has 0 aliphatic rings. The van der Waals surface area contributed by atoms with Crippen LogP contribution >= 0.6 is 0 Å². The average Bonchev–Trinajstić information content (AvgIpc) is 2.53. The molecule has 122 valence electrons. The van der Waals surface area contributed by atoms with E-state index in [0.717, 1.165) is 11.3 Å². The first-order valence-electron chi connectivity index (χ1n) is 7.66. The van der Waals surface area contributed by atoms with E-state index in [9.17, 15) is 9.59 Å². The Kier molecular flexibility index (Phi) is 6.11. The van der Waals surface area contributed by atoms with Crippen LogP contribution in [0.5, 0.6) is 0 Å². The fourth-order valence-electron chi connectivity index (χ4n) is 2.12. The zero-order valence-corrected chi connectivity index (χ0v) is 13.5. The van der Waals surface area contributed by atoms with Crippen LogP contribution in [0.1, 0.15) is 28.5 Å². The van der Waals surface area contributed by atoms with Crippen molar-refractivity contribution >= 4 is 5.91 Å². The summed E-state index contributed by atoms with van der Waals surface area (Å²) < 4.78 is 5.64. The molecule has 1 aromatic carbocycles. The highest BCUT2D eigenvalue weighted by molar-refractivity contribution is 5.93. The lowest BCUT2D eigenvalue weighted by atomic mass is 10.2. The molecule has 0 saturated heterocycles. The molecule has 1 heterocycles. The molecule has 23 heavy (non-hydrogen) atoms. The number of nitrogens with one attached hydrogen (secondary N) is 2. The van der Waals surface area contributed by atoms with Gasteiger partial charge in [0.2, 0.25) is 0 Å². The lowest BCUT2D eigenvalue weighted by Gasteiger charge is -2.13. The van der Waals surface area contributed by atoms with E-state index < -0.39 is 0 Å². The van der Waals surface area contributed by atoms with E-state index in [4.69, 9.17) is 4.74 Å². The van der Waals surface area contributed by atoms with Crippen molar-refractivity contribution < 1.29 is 9.53 Å². The third kappa shape index (κ3) is 5.38. The number of H-pyrrole nitrogens is 1. The summed E-state index contributed by atoms with van der Waals surface area (Å²) in [5.41, 5.74) is 1.62. The maximum absolute atomic E-state index is 12.0. The molecule has 1 atom stereocenters. The number of pyridine rings is 1. The first-order chi connectivity index (χ1) is 11.1. The number of benzene rings is 1. The summed E-state index contributed by atoms with van der Waals surface area (Å²) in [5, 5.41) is 2.77. The Hall–Kier alpha value is -2.40. The molecule has 0 unspecified atom stereocenters. The quantitative estimate of drug-likeness (QED) is 0.823. The summed E-state index contributed by atoms with van der Waals surface area (Å²) >= 11 is 0. The maximum Gasteiger partial charge on any atom is 0.260 e. The Morgan fingerprint density at radius 2 is 1.96 bits per heavy atom. The minimum atomic E-state index is -0.365. The number of aromatic amines is 1. The van der Waals surface area contributed by atoms with Crippen LogP contribution in [-0.2, 0) is 11.3 Å². The number of amides is 1. The first kappa shape index (κ1) is 17.0. The van der Waals surface area contributed by atoms with Gasteiger partial charge in [-0.2, -0.15) is 0 Å². The Labute approximate surface area is 135 Å². The number of hydrogen-bond donors (Lipinski definition) is 2. The second-order valence-corrected chi connectivity index (χ2v) is 5.70. The second-order valence-electron chi connectivity index (χ2n) is 5.70. The molecule has 0 aliphatic heterocycles. The molecular weight excluding hydrogens is 292 g/mol. The van der Waals surface area contributed by atoms with Gasteiger partial charge in [0.25, 0.3) is 11.5 Å². The smallest absolute Gasteiger partial charge is 0.260 e. The normalized spacial score (nSPS) is 11.9. The Bertz CT molecular complexity index is 695. The van der Waals surface area contributed by atoms with Crippen molar-refractivity contribution in [3.63, 3.8) is 0 Å². The summed E-state index contributed by atoms with van der Waals surface area (Å²) in [6.45, 7) is 5.32. The topological polar surface area (TPSA) is 71.2 Å². The molecule has 0 aliphatic carbocycles. The zero-order valence-electron chi connectivity index (χ0n) is 13.5.